The van der Waals surface area contributed by atoms with Crippen LogP contribution in [0.2, 0.25) is 0 Å². The van der Waals surface area contributed by atoms with Gasteiger partial charge in [-0.3, -0.25) is 9.59 Å². The van der Waals surface area contributed by atoms with Crippen LogP contribution in [0.3, 0.4) is 0 Å². The van der Waals surface area contributed by atoms with Crippen molar-refractivity contribution in [3.63, 3.8) is 0 Å². The van der Waals surface area contributed by atoms with Crippen molar-refractivity contribution in [1.29, 1.82) is 0 Å². The molecule has 3 aromatic rings. The third-order valence-corrected chi connectivity index (χ3v) is 13.7. The molecule has 4 heterocycles. The number of benzene rings is 1. The number of alkyl carbamates (subject to hydrolysis) is 2. The molecule has 66 heavy (non-hydrogen) atoms. The lowest BCUT2D eigenvalue weighted by molar-refractivity contribution is -0.136. The number of H-pyrrole nitrogens is 2. The molecule has 0 spiro atoms. The lowest BCUT2D eigenvalue weighted by Crippen LogP contribution is -2.51. The summed E-state index contributed by atoms with van der Waals surface area (Å²) in [6, 6.07) is 6.81. The van der Waals surface area contributed by atoms with Gasteiger partial charge in [0.05, 0.1) is 50.1 Å². The Labute approximate surface area is 391 Å². The molecule has 0 radical (unpaired) electrons. The summed E-state index contributed by atoms with van der Waals surface area (Å²) < 4.78 is 9.62. The van der Waals surface area contributed by atoms with E-state index in [-0.39, 0.29) is 41.7 Å². The van der Waals surface area contributed by atoms with Gasteiger partial charge in [0.1, 0.15) is 23.7 Å². The molecule has 0 bridgehead atoms. The van der Waals surface area contributed by atoms with Gasteiger partial charge >= 0.3 is 12.2 Å². The highest BCUT2D eigenvalue weighted by Crippen LogP contribution is 2.37. The lowest BCUT2D eigenvalue weighted by atomic mass is 9.86. The summed E-state index contributed by atoms with van der Waals surface area (Å²) in [5, 5.41) is 5.47. The highest BCUT2D eigenvalue weighted by atomic mass is 16.5. The lowest BCUT2D eigenvalue weighted by Gasteiger charge is -2.30. The van der Waals surface area contributed by atoms with Crippen molar-refractivity contribution >= 4 is 35.1 Å². The Morgan fingerprint density at radius 2 is 1.29 bits per heavy atom. The summed E-state index contributed by atoms with van der Waals surface area (Å²) in [4.78, 5) is 72.2. The Bertz CT molecular complexity index is 2300. The Kier molecular flexibility index (Phi) is 16.9. The smallest absolute Gasteiger partial charge is 0.407 e. The minimum absolute atomic E-state index is 0.105. The standard InChI is InChI=1S/C52H72N8O6/c1-11-36-19-21-37(35(8)38-22-24-39(25-23-38)41-29-53-47(55-41)43-14-12-26-59(43)49(61)45(31(2)3)57-51(63)65-9)20-17-33(6)16-18-34(7)40(28-36)42-30-54-48(56-42)44-15-13-27-60(44)50(62)46(32(4)5)58-52(64)66-10/h11,17,20,22-25,28-34,43-46H,12-16,18-19,21,26-27H2,1-10H3,(H,53,55)(H,54,56)(H,57,63)(H,58,64)/b20-17-,36-11-,37-35-,40-28+/t33-,34-,43+,44+,45+,46+/m1/s1. The van der Waals surface area contributed by atoms with E-state index >= 15 is 0 Å². The van der Waals surface area contributed by atoms with Crippen LogP contribution in [-0.4, -0.2) is 93.1 Å². The van der Waals surface area contributed by atoms with E-state index in [0.29, 0.717) is 19.0 Å². The number of aromatic nitrogens is 4. The average Bonchev–Trinajstić information content (AvgIpc) is 4.16. The first-order valence-corrected chi connectivity index (χ1v) is 23.9. The van der Waals surface area contributed by atoms with Gasteiger partial charge in [0.25, 0.3) is 0 Å². The van der Waals surface area contributed by atoms with E-state index in [1.165, 1.54) is 36.5 Å². The van der Waals surface area contributed by atoms with Crippen molar-refractivity contribution in [2.45, 2.75) is 131 Å². The molecule has 0 saturated carbocycles. The monoisotopic (exact) mass is 905 g/mol. The SMILES string of the molecule is C/C=C1\C=C(\c2cnc([C@@H]3CCCN3C(=O)[C@@H](NC(=O)OC)C(C)C)[nH]2)[C@H](C)CC[C@@H](C)/C=C\C(=C(/C)c2ccc(-c3cnc([C@@H]4CCCN4C(=O)[C@@H](NC(=O)OC)C(C)C)[nH]3)cc2)CC1. The number of allylic oxidation sites excluding steroid dienone is 8. The fourth-order valence-corrected chi connectivity index (χ4v) is 9.48. The minimum Gasteiger partial charge on any atom is -0.453 e. The summed E-state index contributed by atoms with van der Waals surface area (Å²) in [5.41, 5.74) is 9.01. The topological polar surface area (TPSA) is 175 Å². The maximum atomic E-state index is 13.8. The molecule has 14 nitrogen and oxygen atoms in total. The normalized spacial score (nSPS) is 24.2. The van der Waals surface area contributed by atoms with E-state index in [4.69, 9.17) is 19.4 Å². The molecule has 4 N–H and O–H groups in total. The highest BCUT2D eigenvalue weighted by molar-refractivity contribution is 5.87. The molecule has 1 aliphatic carbocycles. The van der Waals surface area contributed by atoms with Crippen LogP contribution in [0.25, 0.3) is 22.4 Å². The third kappa shape index (κ3) is 11.7. The number of hydrogen-bond donors (Lipinski definition) is 4. The van der Waals surface area contributed by atoms with E-state index < -0.39 is 24.3 Å². The average molecular weight is 905 g/mol. The maximum Gasteiger partial charge on any atom is 0.407 e. The molecule has 356 valence electrons. The van der Waals surface area contributed by atoms with E-state index in [1.807, 2.05) is 49.9 Å². The van der Waals surface area contributed by atoms with Crippen LogP contribution in [-0.2, 0) is 19.1 Å². The Balaban J connectivity index is 1.18. The van der Waals surface area contributed by atoms with E-state index in [0.717, 1.165) is 85.5 Å². The number of methoxy groups -OCH3 is 2. The van der Waals surface area contributed by atoms with Gasteiger partial charge in [-0.15, -0.1) is 0 Å². The van der Waals surface area contributed by atoms with Gasteiger partial charge in [-0.1, -0.05) is 95.7 Å². The van der Waals surface area contributed by atoms with E-state index in [2.05, 4.69) is 96.9 Å². The van der Waals surface area contributed by atoms with Crippen LogP contribution in [0.1, 0.15) is 142 Å². The number of nitrogens with zero attached hydrogens (tertiary/aromatic N) is 4. The van der Waals surface area contributed by atoms with Crippen LogP contribution in [0, 0.1) is 23.7 Å². The van der Waals surface area contributed by atoms with Crippen LogP contribution < -0.4 is 10.6 Å². The van der Waals surface area contributed by atoms with E-state index in [1.54, 1.807) is 0 Å². The van der Waals surface area contributed by atoms with Gasteiger partial charge in [0.15, 0.2) is 0 Å². The van der Waals surface area contributed by atoms with Crippen molar-refractivity contribution in [3.05, 3.63) is 95.0 Å². The number of nitrogens with one attached hydrogen (secondary N) is 4. The second-order valence-electron chi connectivity index (χ2n) is 19.0. The predicted molar refractivity (Wildman–Crippen MR) is 259 cm³/mol. The molecule has 1 aromatic carbocycles. The number of rotatable bonds is 11. The zero-order chi connectivity index (χ0) is 47.7. The predicted octanol–water partition coefficient (Wildman–Crippen LogP) is 10.1. The third-order valence-electron chi connectivity index (χ3n) is 13.7. The number of carbonyl (C=O) groups is 4. The summed E-state index contributed by atoms with van der Waals surface area (Å²) in [5.74, 6) is 1.70. The molecular weight excluding hydrogens is 833 g/mol. The van der Waals surface area contributed by atoms with Crippen LogP contribution >= 0.6 is 0 Å². The van der Waals surface area contributed by atoms with Crippen molar-refractivity contribution in [3.8, 4) is 11.3 Å². The summed E-state index contributed by atoms with van der Waals surface area (Å²) in [7, 11) is 2.61. The first-order valence-electron chi connectivity index (χ1n) is 23.9. The van der Waals surface area contributed by atoms with Crippen molar-refractivity contribution < 1.29 is 28.7 Å². The molecule has 4 amide bonds. The van der Waals surface area contributed by atoms with Crippen LogP contribution in [0.4, 0.5) is 9.59 Å². The Morgan fingerprint density at radius 3 is 1.80 bits per heavy atom. The molecule has 14 heteroatoms. The van der Waals surface area contributed by atoms with Gasteiger partial charge in [-0.25, -0.2) is 19.6 Å². The number of amides is 4. The summed E-state index contributed by atoms with van der Waals surface area (Å²) in [6.07, 6.45) is 18.8. The fraction of sp³-hybridized carbons (Fsp3) is 0.538. The zero-order valence-corrected chi connectivity index (χ0v) is 40.7. The maximum absolute atomic E-state index is 13.8. The van der Waals surface area contributed by atoms with Crippen molar-refractivity contribution in [2.24, 2.45) is 23.7 Å². The zero-order valence-electron chi connectivity index (χ0n) is 40.7. The molecular formula is C52H72N8O6. The fourth-order valence-electron chi connectivity index (χ4n) is 9.48. The number of carbonyl (C=O) groups excluding carboxylic acids is 4. The Hall–Kier alpha value is -5.92. The number of aromatic amines is 2. The van der Waals surface area contributed by atoms with Gasteiger partial charge in [-0.05, 0) is 117 Å². The molecule has 0 unspecified atom stereocenters. The first kappa shape index (κ1) is 49.5. The van der Waals surface area contributed by atoms with Gasteiger partial charge in [-0.2, -0.15) is 0 Å². The molecule has 6 atom stereocenters. The summed E-state index contributed by atoms with van der Waals surface area (Å²) in [6.45, 7) is 17.8. The molecule has 2 saturated heterocycles. The second kappa shape index (κ2) is 22.5. The second-order valence-corrected chi connectivity index (χ2v) is 19.0. The number of ether oxygens (including phenoxy) is 2. The van der Waals surface area contributed by atoms with Crippen LogP contribution in [0.15, 0.2) is 72.1 Å². The number of imidazole rings is 2. The molecule has 6 rings (SSSR count). The minimum atomic E-state index is -0.689. The van der Waals surface area contributed by atoms with Gasteiger partial charge in [0.2, 0.25) is 11.8 Å². The van der Waals surface area contributed by atoms with Gasteiger partial charge < -0.3 is 39.9 Å². The number of likely N-dealkylation sites (tertiary alicyclic amines) is 2. The largest absolute Gasteiger partial charge is 0.453 e. The number of hydrogen-bond acceptors (Lipinski definition) is 8. The van der Waals surface area contributed by atoms with Gasteiger partial charge in [0, 0.05) is 13.1 Å². The van der Waals surface area contributed by atoms with Crippen molar-refractivity contribution in [2.75, 3.05) is 27.3 Å². The van der Waals surface area contributed by atoms with E-state index in [9.17, 15) is 19.2 Å². The van der Waals surface area contributed by atoms with Crippen molar-refractivity contribution in [1.82, 2.24) is 40.4 Å². The Morgan fingerprint density at radius 1 is 0.758 bits per heavy atom. The first-order chi connectivity index (χ1) is 31.6. The summed E-state index contributed by atoms with van der Waals surface area (Å²) >= 11 is 0. The van der Waals surface area contributed by atoms with Crippen LogP contribution in [0.5, 0.6) is 0 Å². The molecule has 2 aromatic heterocycles. The quantitative estimate of drug-likeness (QED) is 0.147. The molecule has 2 fully saturated rings. The molecule has 2 aliphatic heterocycles. The molecule has 3 aliphatic rings. The highest BCUT2D eigenvalue weighted by Gasteiger charge is 2.39.